The van der Waals surface area contributed by atoms with Crippen molar-refractivity contribution in [3.63, 3.8) is 0 Å². The Morgan fingerprint density at radius 2 is 1.95 bits per heavy atom. The number of carbonyl (C=O) groups is 1. The van der Waals surface area contributed by atoms with Gasteiger partial charge in [0.1, 0.15) is 11.5 Å². The number of phenolic OH excluding ortho intramolecular Hbond substituents is 1. The summed E-state index contributed by atoms with van der Waals surface area (Å²) in [4.78, 5) is 20.8. The third-order valence-corrected chi connectivity index (χ3v) is 5.53. The molecular weight excluding hydrogens is 525 g/mol. The largest absolute Gasteiger partial charge is 0.507 e. The van der Waals surface area contributed by atoms with Crippen LogP contribution in [0.3, 0.4) is 0 Å². The van der Waals surface area contributed by atoms with Crippen LogP contribution in [0, 0.1) is 6.92 Å². The third-order valence-electron chi connectivity index (χ3n) is 5.53. The molecule has 0 fully saturated rings. The van der Waals surface area contributed by atoms with Crippen molar-refractivity contribution in [1.82, 2.24) is 29.5 Å². The molecule has 1 aromatic carbocycles. The molecule has 1 amide bonds. The van der Waals surface area contributed by atoms with Crippen LogP contribution < -0.4 is 10.1 Å². The minimum atomic E-state index is -4.75. The summed E-state index contributed by atoms with van der Waals surface area (Å²) in [7, 11) is 0. The number of ether oxygens (including phenoxy) is 2. The van der Waals surface area contributed by atoms with Gasteiger partial charge in [0.15, 0.2) is 5.69 Å². The molecule has 4 aromatic rings. The van der Waals surface area contributed by atoms with E-state index in [-0.39, 0.29) is 79.4 Å². The van der Waals surface area contributed by atoms with Crippen molar-refractivity contribution in [3.8, 4) is 28.6 Å². The number of halogens is 3. The molecule has 208 valence electrons. The number of aliphatic hydroxyl groups excluding tert-OH is 2. The first kappa shape index (κ1) is 27.8. The van der Waals surface area contributed by atoms with Gasteiger partial charge < -0.3 is 30.1 Å². The predicted octanol–water partition coefficient (Wildman–Crippen LogP) is 2.15. The summed E-state index contributed by atoms with van der Waals surface area (Å²) in [5.74, 6) is -0.841. The normalized spacial score (nSPS) is 11.7. The Balaban J connectivity index is 1.61. The van der Waals surface area contributed by atoms with Gasteiger partial charge in [0.05, 0.1) is 56.0 Å². The second-order valence-corrected chi connectivity index (χ2v) is 8.27. The van der Waals surface area contributed by atoms with Crippen molar-refractivity contribution in [2.75, 3.05) is 33.0 Å². The Kier molecular flexibility index (Phi) is 8.32. The van der Waals surface area contributed by atoms with E-state index in [1.807, 2.05) is 0 Å². The third kappa shape index (κ3) is 6.10. The van der Waals surface area contributed by atoms with Crippen LogP contribution >= 0.6 is 0 Å². The first-order chi connectivity index (χ1) is 18.6. The van der Waals surface area contributed by atoms with E-state index in [9.17, 15) is 23.1 Å². The minimum absolute atomic E-state index is 0.0262. The molecule has 0 aliphatic rings. The summed E-state index contributed by atoms with van der Waals surface area (Å²) in [6.45, 7) is 1.43. The van der Waals surface area contributed by atoms with E-state index < -0.39 is 17.8 Å². The molecule has 4 rings (SSSR count). The minimum Gasteiger partial charge on any atom is -0.507 e. The van der Waals surface area contributed by atoms with E-state index in [1.165, 1.54) is 41.3 Å². The van der Waals surface area contributed by atoms with Crippen LogP contribution in [0.4, 0.5) is 13.2 Å². The van der Waals surface area contributed by atoms with Crippen LogP contribution in [0.1, 0.15) is 21.6 Å². The van der Waals surface area contributed by atoms with Crippen LogP contribution in [-0.4, -0.2) is 78.3 Å². The number of aromatic hydroxyl groups is 1. The zero-order valence-electron chi connectivity index (χ0n) is 20.6. The zero-order valence-corrected chi connectivity index (χ0v) is 20.6. The Labute approximate surface area is 219 Å². The lowest BCUT2D eigenvalue weighted by Gasteiger charge is -2.13. The molecule has 3 heterocycles. The number of carbonyl (C=O) groups excluding carboxylic acids is 1. The summed E-state index contributed by atoms with van der Waals surface area (Å²) < 4.78 is 54.2. The number of amides is 1. The molecule has 0 aliphatic heterocycles. The molecule has 0 bridgehead atoms. The molecule has 0 spiro atoms. The van der Waals surface area contributed by atoms with Gasteiger partial charge >= 0.3 is 6.18 Å². The highest BCUT2D eigenvalue weighted by Crippen LogP contribution is 2.37. The molecule has 0 saturated carbocycles. The second kappa shape index (κ2) is 11.7. The van der Waals surface area contributed by atoms with Crippen LogP contribution in [0.2, 0.25) is 0 Å². The van der Waals surface area contributed by atoms with E-state index in [1.54, 1.807) is 6.92 Å². The Hall–Kier alpha value is -4.21. The van der Waals surface area contributed by atoms with Gasteiger partial charge in [-0.3, -0.25) is 13.9 Å². The molecule has 4 N–H and O–H groups in total. The van der Waals surface area contributed by atoms with E-state index in [2.05, 4.69) is 20.4 Å². The Bertz CT molecular complexity index is 1450. The molecule has 0 atom stereocenters. The number of imidazole rings is 1. The van der Waals surface area contributed by atoms with Gasteiger partial charge in [-0.25, -0.2) is 9.97 Å². The first-order valence-corrected chi connectivity index (χ1v) is 11.7. The number of benzene rings is 1. The van der Waals surface area contributed by atoms with E-state index >= 15 is 0 Å². The van der Waals surface area contributed by atoms with Gasteiger partial charge in [0.2, 0.25) is 5.65 Å². The van der Waals surface area contributed by atoms with Gasteiger partial charge in [-0.15, -0.1) is 0 Å². The number of fused-ring (bicyclic) bond motifs is 1. The van der Waals surface area contributed by atoms with Crippen LogP contribution in [0.15, 0.2) is 36.9 Å². The monoisotopic (exact) mass is 550 g/mol. The number of aryl methyl sites for hydroxylation is 1. The molecule has 39 heavy (non-hydrogen) atoms. The number of aromatic nitrogens is 5. The smallest absolute Gasteiger partial charge is 0.435 e. The fourth-order valence-corrected chi connectivity index (χ4v) is 3.90. The maximum absolute atomic E-state index is 13.7. The number of alkyl halides is 3. The van der Waals surface area contributed by atoms with Gasteiger partial charge in [0, 0.05) is 31.2 Å². The summed E-state index contributed by atoms with van der Waals surface area (Å²) in [5.41, 5.74) is -0.794. The van der Waals surface area contributed by atoms with Crippen molar-refractivity contribution in [1.29, 1.82) is 0 Å². The highest BCUT2D eigenvalue weighted by atomic mass is 19.4. The SMILES string of the molecule is Cc1cc(Oc2nccn3c(-c4cn(CCO)nc4C(F)(F)F)cnc23)cc(O)c1C(=O)NCCOCCO. The maximum Gasteiger partial charge on any atom is 0.435 e. The van der Waals surface area contributed by atoms with Crippen molar-refractivity contribution >= 4 is 11.6 Å². The van der Waals surface area contributed by atoms with Crippen LogP contribution in [0.5, 0.6) is 17.4 Å². The summed E-state index contributed by atoms with van der Waals surface area (Å²) in [6, 6.07) is 2.70. The number of nitrogens with one attached hydrogen (secondary N) is 1. The number of rotatable bonds is 11. The molecule has 0 radical (unpaired) electrons. The number of nitrogens with zero attached hydrogens (tertiary/aromatic N) is 5. The lowest BCUT2D eigenvalue weighted by molar-refractivity contribution is -0.141. The quantitative estimate of drug-likeness (QED) is 0.206. The second-order valence-electron chi connectivity index (χ2n) is 8.27. The average molecular weight is 550 g/mol. The molecule has 12 nitrogen and oxygen atoms in total. The van der Waals surface area contributed by atoms with Gasteiger partial charge in [-0.05, 0) is 18.6 Å². The standard InChI is InChI=1S/C24H25F3N6O6/c1-14-10-15(11-18(36)19(14)22(37)28-3-8-38-9-7-35)39-23-21-30-12-17(33(21)4-2-29-23)16-13-32(5-6-34)31-20(16)24(25,26)27/h2,4,10-13,34-36H,3,5-9H2,1H3,(H,28,37). The number of hydrogen-bond acceptors (Lipinski definition) is 9. The number of hydrogen-bond donors (Lipinski definition) is 4. The summed E-state index contributed by atoms with van der Waals surface area (Å²) in [6.07, 6.45) is 0.371. The Morgan fingerprint density at radius 3 is 2.64 bits per heavy atom. The molecule has 3 aromatic heterocycles. The predicted molar refractivity (Wildman–Crippen MR) is 129 cm³/mol. The van der Waals surface area contributed by atoms with Crippen LogP contribution in [-0.2, 0) is 17.5 Å². The maximum atomic E-state index is 13.7. The Morgan fingerprint density at radius 1 is 1.15 bits per heavy atom. The zero-order chi connectivity index (χ0) is 28.2. The first-order valence-electron chi connectivity index (χ1n) is 11.7. The van der Waals surface area contributed by atoms with Gasteiger partial charge in [-0.1, -0.05) is 0 Å². The van der Waals surface area contributed by atoms with Gasteiger partial charge in [0.25, 0.3) is 11.8 Å². The molecule has 0 aliphatic carbocycles. The molecule has 15 heteroatoms. The highest BCUT2D eigenvalue weighted by molar-refractivity contribution is 5.98. The van der Waals surface area contributed by atoms with Gasteiger partial charge in [-0.2, -0.15) is 18.3 Å². The summed E-state index contributed by atoms with van der Waals surface area (Å²) in [5, 5.41) is 34.5. The average Bonchev–Trinajstić information content (AvgIpc) is 3.48. The van der Waals surface area contributed by atoms with Crippen molar-refractivity contribution in [2.45, 2.75) is 19.6 Å². The number of phenols is 1. The van der Waals surface area contributed by atoms with E-state index in [4.69, 9.17) is 19.7 Å². The molecular formula is C24H25F3N6O6. The van der Waals surface area contributed by atoms with Crippen molar-refractivity contribution < 1.29 is 42.8 Å². The lowest BCUT2D eigenvalue weighted by atomic mass is 10.1. The number of aliphatic hydroxyl groups is 2. The topological polar surface area (TPSA) is 156 Å². The highest BCUT2D eigenvalue weighted by Gasteiger charge is 2.38. The van der Waals surface area contributed by atoms with E-state index in [0.29, 0.717) is 5.56 Å². The molecule has 0 unspecified atom stereocenters. The van der Waals surface area contributed by atoms with Crippen molar-refractivity contribution in [2.24, 2.45) is 0 Å². The lowest BCUT2D eigenvalue weighted by Crippen LogP contribution is -2.28. The molecule has 0 saturated heterocycles. The van der Waals surface area contributed by atoms with Crippen molar-refractivity contribution in [3.05, 3.63) is 53.7 Å². The fourth-order valence-electron chi connectivity index (χ4n) is 3.90. The fraction of sp³-hybridized carbons (Fsp3) is 0.333. The van der Waals surface area contributed by atoms with Crippen LogP contribution in [0.25, 0.3) is 16.9 Å². The van der Waals surface area contributed by atoms with E-state index in [0.717, 1.165) is 4.68 Å². The summed E-state index contributed by atoms with van der Waals surface area (Å²) >= 11 is 0.